The highest BCUT2D eigenvalue weighted by atomic mass is 16.6. The van der Waals surface area contributed by atoms with Gasteiger partial charge in [-0.15, -0.1) is 0 Å². The van der Waals surface area contributed by atoms with Crippen LogP contribution in [0.5, 0.6) is 11.6 Å². The Morgan fingerprint density at radius 3 is 2.59 bits per heavy atom. The van der Waals surface area contributed by atoms with Gasteiger partial charge in [0.25, 0.3) is 5.89 Å². The van der Waals surface area contributed by atoms with E-state index in [9.17, 15) is 0 Å². The molecule has 0 radical (unpaired) electrons. The second kappa shape index (κ2) is 8.90. The molecule has 7 nitrogen and oxygen atoms in total. The van der Waals surface area contributed by atoms with Crippen LogP contribution in [0.3, 0.4) is 0 Å². The Morgan fingerprint density at radius 1 is 1.06 bits per heavy atom. The van der Waals surface area contributed by atoms with E-state index in [1.165, 1.54) is 12.8 Å². The summed E-state index contributed by atoms with van der Waals surface area (Å²) >= 11 is 0. The van der Waals surface area contributed by atoms with Crippen molar-refractivity contribution in [3.8, 4) is 34.5 Å². The summed E-state index contributed by atoms with van der Waals surface area (Å²) in [6.45, 7) is 5.54. The van der Waals surface area contributed by atoms with E-state index in [1.54, 1.807) is 7.11 Å². The minimum Gasteiger partial charge on any atom is -0.490 e. The van der Waals surface area contributed by atoms with Gasteiger partial charge >= 0.3 is 0 Å². The highest BCUT2D eigenvalue weighted by molar-refractivity contribution is 5.64. The fourth-order valence-electron chi connectivity index (χ4n) is 4.43. The lowest BCUT2D eigenvalue weighted by Gasteiger charge is -2.14. The van der Waals surface area contributed by atoms with Gasteiger partial charge in [-0.1, -0.05) is 24.9 Å². The third kappa shape index (κ3) is 4.35. The zero-order valence-electron chi connectivity index (χ0n) is 18.9. The maximum Gasteiger partial charge on any atom is 0.258 e. The number of pyridine rings is 1. The van der Waals surface area contributed by atoms with Gasteiger partial charge in [-0.2, -0.15) is 4.98 Å². The first kappa shape index (κ1) is 20.9. The van der Waals surface area contributed by atoms with Crippen molar-refractivity contribution in [1.29, 1.82) is 0 Å². The minimum absolute atomic E-state index is 0.227. The number of hydrogen-bond acceptors (Lipinski definition) is 7. The fourth-order valence-corrected chi connectivity index (χ4v) is 4.43. The average molecular weight is 436 g/mol. The maximum absolute atomic E-state index is 6.03. The SMILES string of the molecule is CCc1cc(-c2noc(-c3cc(OC)nc(C4CCCC4)c3)n2)cc(C)c1OCC1CO1. The first-order valence-corrected chi connectivity index (χ1v) is 11.4. The molecule has 1 atom stereocenters. The number of hydrogen-bond donors (Lipinski definition) is 0. The second-order valence-corrected chi connectivity index (χ2v) is 8.63. The summed E-state index contributed by atoms with van der Waals surface area (Å²) < 4.78 is 22.4. The van der Waals surface area contributed by atoms with Gasteiger partial charge in [0.2, 0.25) is 11.7 Å². The molecule has 1 aromatic carbocycles. The van der Waals surface area contributed by atoms with Gasteiger partial charge in [0.05, 0.1) is 13.7 Å². The first-order valence-electron chi connectivity index (χ1n) is 11.4. The Kier molecular flexibility index (Phi) is 5.83. The Hall–Kier alpha value is -2.93. The molecule has 1 saturated carbocycles. The molecule has 7 heteroatoms. The van der Waals surface area contributed by atoms with Crippen LogP contribution in [0.4, 0.5) is 0 Å². The van der Waals surface area contributed by atoms with E-state index in [4.69, 9.17) is 23.7 Å². The molecule has 2 aliphatic rings. The van der Waals surface area contributed by atoms with Crippen molar-refractivity contribution in [2.75, 3.05) is 20.3 Å². The zero-order chi connectivity index (χ0) is 22.1. The first-order chi connectivity index (χ1) is 15.6. The Bertz CT molecular complexity index is 1100. The van der Waals surface area contributed by atoms with Gasteiger partial charge in [0.15, 0.2) is 0 Å². The van der Waals surface area contributed by atoms with Crippen molar-refractivity contribution in [2.45, 2.75) is 58.0 Å². The van der Waals surface area contributed by atoms with E-state index in [0.717, 1.165) is 59.6 Å². The molecule has 0 spiro atoms. The number of ether oxygens (including phenoxy) is 3. The van der Waals surface area contributed by atoms with Crippen molar-refractivity contribution in [3.63, 3.8) is 0 Å². The molecule has 1 aliphatic heterocycles. The average Bonchev–Trinajstić information content (AvgIpc) is 3.27. The molecule has 1 aliphatic carbocycles. The van der Waals surface area contributed by atoms with Gasteiger partial charge < -0.3 is 18.7 Å². The van der Waals surface area contributed by atoms with E-state index in [1.807, 2.05) is 19.1 Å². The van der Waals surface area contributed by atoms with E-state index in [2.05, 4.69) is 29.2 Å². The third-order valence-electron chi connectivity index (χ3n) is 6.28. The summed E-state index contributed by atoms with van der Waals surface area (Å²) in [4.78, 5) is 9.37. The topological polar surface area (TPSA) is 82.8 Å². The van der Waals surface area contributed by atoms with Crippen LogP contribution >= 0.6 is 0 Å². The van der Waals surface area contributed by atoms with E-state index in [-0.39, 0.29) is 6.10 Å². The number of rotatable bonds is 8. The summed E-state index contributed by atoms with van der Waals surface area (Å²) in [7, 11) is 1.64. The van der Waals surface area contributed by atoms with Crippen molar-refractivity contribution >= 4 is 0 Å². The monoisotopic (exact) mass is 435 g/mol. The second-order valence-electron chi connectivity index (χ2n) is 8.63. The van der Waals surface area contributed by atoms with E-state index >= 15 is 0 Å². The molecule has 168 valence electrons. The van der Waals surface area contributed by atoms with Crippen molar-refractivity contribution in [1.82, 2.24) is 15.1 Å². The number of epoxide rings is 1. The van der Waals surface area contributed by atoms with Crippen LogP contribution in [-0.4, -0.2) is 41.6 Å². The summed E-state index contributed by atoms with van der Waals surface area (Å²) in [5, 5.41) is 4.27. The van der Waals surface area contributed by atoms with Gasteiger partial charge in [-0.05, 0) is 55.5 Å². The predicted octanol–water partition coefficient (Wildman–Crippen LogP) is 5.11. The maximum atomic E-state index is 6.03. The molecule has 1 unspecified atom stereocenters. The van der Waals surface area contributed by atoms with Crippen molar-refractivity contribution in [2.24, 2.45) is 0 Å². The molecule has 3 aromatic rings. The normalized spacial score (nSPS) is 18.2. The Balaban J connectivity index is 1.44. The van der Waals surface area contributed by atoms with Crippen molar-refractivity contribution in [3.05, 3.63) is 41.1 Å². The molecule has 0 bridgehead atoms. The Morgan fingerprint density at radius 2 is 1.88 bits per heavy atom. The van der Waals surface area contributed by atoms with Crippen LogP contribution in [0.25, 0.3) is 22.8 Å². The number of methoxy groups -OCH3 is 1. The number of nitrogens with zero attached hydrogens (tertiary/aromatic N) is 3. The Labute approximate surface area is 188 Å². The van der Waals surface area contributed by atoms with Crippen LogP contribution in [0.2, 0.25) is 0 Å². The largest absolute Gasteiger partial charge is 0.490 e. The summed E-state index contributed by atoms with van der Waals surface area (Å²) in [6, 6.07) is 8.06. The summed E-state index contributed by atoms with van der Waals surface area (Å²) in [6.07, 6.45) is 5.90. The van der Waals surface area contributed by atoms with Gasteiger partial charge in [-0.3, -0.25) is 0 Å². The zero-order valence-corrected chi connectivity index (χ0v) is 18.9. The molecule has 0 N–H and O–H groups in total. The quantitative estimate of drug-likeness (QED) is 0.455. The molecule has 2 aromatic heterocycles. The predicted molar refractivity (Wildman–Crippen MR) is 120 cm³/mol. The molecule has 32 heavy (non-hydrogen) atoms. The number of aryl methyl sites for hydroxylation is 2. The smallest absolute Gasteiger partial charge is 0.258 e. The molecule has 5 rings (SSSR count). The lowest BCUT2D eigenvalue weighted by Crippen LogP contribution is -2.07. The van der Waals surface area contributed by atoms with Crippen LogP contribution in [0.1, 0.15) is 55.3 Å². The molecule has 3 heterocycles. The lowest BCUT2D eigenvalue weighted by atomic mass is 10.0. The summed E-state index contributed by atoms with van der Waals surface area (Å²) in [5.74, 6) is 3.01. The third-order valence-corrected chi connectivity index (χ3v) is 6.28. The van der Waals surface area contributed by atoms with E-state index in [0.29, 0.717) is 30.1 Å². The number of aromatic nitrogens is 3. The van der Waals surface area contributed by atoms with Gasteiger partial charge in [-0.25, -0.2) is 4.98 Å². The van der Waals surface area contributed by atoms with E-state index < -0.39 is 0 Å². The molecule has 1 saturated heterocycles. The molecular formula is C25H29N3O4. The van der Waals surface area contributed by atoms with Gasteiger partial charge in [0, 0.05) is 28.8 Å². The minimum atomic E-state index is 0.227. The fraction of sp³-hybridized carbons (Fsp3) is 0.480. The molecular weight excluding hydrogens is 406 g/mol. The van der Waals surface area contributed by atoms with Crippen LogP contribution in [0, 0.1) is 6.92 Å². The van der Waals surface area contributed by atoms with Crippen LogP contribution in [0.15, 0.2) is 28.8 Å². The van der Waals surface area contributed by atoms with Crippen LogP contribution in [-0.2, 0) is 11.2 Å². The highest BCUT2D eigenvalue weighted by Gasteiger charge is 2.25. The van der Waals surface area contributed by atoms with Crippen LogP contribution < -0.4 is 9.47 Å². The summed E-state index contributed by atoms with van der Waals surface area (Å²) in [5.41, 5.74) is 4.99. The lowest BCUT2D eigenvalue weighted by molar-refractivity contribution is 0.260. The van der Waals surface area contributed by atoms with Crippen molar-refractivity contribution < 1.29 is 18.7 Å². The highest BCUT2D eigenvalue weighted by Crippen LogP contribution is 2.36. The standard InChI is InChI=1S/C25H29N3O4/c1-4-16-10-18(9-15(2)23(16)31-14-20-13-30-20)24-27-25(32-28-24)19-11-21(17-7-5-6-8-17)26-22(12-19)29-3/h9-12,17,20H,4-8,13-14H2,1-3H3. The number of benzene rings is 1. The molecule has 0 amide bonds. The molecule has 2 fully saturated rings. The van der Waals surface area contributed by atoms with Gasteiger partial charge in [0.1, 0.15) is 18.5 Å².